The summed E-state index contributed by atoms with van der Waals surface area (Å²) in [5.74, 6) is 0.516. The van der Waals surface area contributed by atoms with Crippen LogP contribution < -0.4 is 10.6 Å². The largest absolute Gasteiger partial charge is 0.353 e. The fraction of sp³-hybridized carbons (Fsp3) is 0.857. The van der Waals surface area contributed by atoms with Gasteiger partial charge in [0, 0.05) is 19.1 Å². The van der Waals surface area contributed by atoms with Crippen LogP contribution in [-0.2, 0) is 4.79 Å². The highest BCUT2D eigenvalue weighted by atomic mass is 35.5. The van der Waals surface area contributed by atoms with Crippen LogP contribution in [0, 0.1) is 5.92 Å². The smallest absolute Gasteiger partial charge is 0.225 e. The molecule has 0 spiro atoms. The first-order chi connectivity index (χ1) is 4.86. The molecule has 1 saturated heterocycles. The van der Waals surface area contributed by atoms with E-state index in [0.29, 0.717) is 6.04 Å². The number of hydrogen-bond acceptors (Lipinski definition) is 2. The molecule has 0 aromatic rings. The van der Waals surface area contributed by atoms with Gasteiger partial charge in [0.15, 0.2) is 0 Å². The minimum absolute atomic E-state index is 0. The number of hydrogen-bond donors (Lipinski definition) is 2. The highest BCUT2D eigenvalue weighted by Crippen LogP contribution is 2.19. The van der Waals surface area contributed by atoms with E-state index >= 15 is 0 Å². The lowest BCUT2D eigenvalue weighted by Crippen LogP contribution is -2.51. The minimum Gasteiger partial charge on any atom is -0.353 e. The molecule has 0 aromatic carbocycles. The van der Waals surface area contributed by atoms with Gasteiger partial charge in [-0.3, -0.25) is 4.79 Å². The Morgan fingerprint density at radius 2 is 2.00 bits per heavy atom. The van der Waals surface area contributed by atoms with Crippen molar-refractivity contribution in [2.24, 2.45) is 5.92 Å². The zero-order chi connectivity index (χ0) is 6.97. The van der Waals surface area contributed by atoms with Gasteiger partial charge in [0.2, 0.25) is 5.91 Å². The Bertz CT molecular complexity index is 155. The molecule has 2 N–H and O–H groups in total. The van der Waals surface area contributed by atoms with Crippen LogP contribution in [0.1, 0.15) is 12.8 Å². The number of amides is 1. The van der Waals surface area contributed by atoms with Crippen LogP contribution in [0.4, 0.5) is 0 Å². The summed E-state index contributed by atoms with van der Waals surface area (Å²) in [6, 6.07) is 0.521. The second-order valence-corrected chi connectivity index (χ2v) is 3.14. The highest BCUT2D eigenvalue weighted by Gasteiger charge is 2.30. The lowest BCUT2D eigenvalue weighted by molar-refractivity contribution is -0.126. The summed E-state index contributed by atoms with van der Waals surface area (Å²) < 4.78 is 0. The summed E-state index contributed by atoms with van der Waals surface area (Å²) in [6.07, 6.45) is 2.37. The van der Waals surface area contributed by atoms with E-state index < -0.39 is 0 Å². The van der Waals surface area contributed by atoms with E-state index in [1.807, 2.05) is 0 Å². The first-order valence-corrected chi connectivity index (χ1v) is 3.87. The van der Waals surface area contributed by atoms with E-state index in [1.54, 1.807) is 0 Å². The zero-order valence-electron chi connectivity index (χ0n) is 6.30. The molecule has 0 radical (unpaired) electrons. The third-order valence-corrected chi connectivity index (χ3v) is 2.08. The van der Waals surface area contributed by atoms with Crippen LogP contribution in [0.25, 0.3) is 0 Å². The molecule has 64 valence electrons. The normalized spacial score (nSPS) is 23.3. The predicted octanol–water partition coefficient (Wildman–Crippen LogP) is -0.0938. The van der Waals surface area contributed by atoms with Crippen LogP contribution >= 0.6 is 12.4 Å². The Labute approximate surface area is 72.3 Å². The van der Waals surface area contributed by atoms with Crippen molar-refractivity contribution in [2.45, 2.75) is 18.9 Å². The Balaban J connectivity index is 0.000000605. The molecule has 4 heteroatoms. The van der Waals surface area contributed by atoms with Gasteiger partial charge < -0.3 is 10.6 Å². The molecule has 3 nitrogen and oxygen atoms in total. The van der Waals surface area contributed by atoms with Crippen LogP contribution in [0.3, 0.4) is 0 Å². The van der Waals surface area contributed by atoms with Crippen molar-refractivity contribution in [3.8, 4) is 0 Å². The first kappa shape index (κ1) is 8.81. The molecule has 1 saturated carbocycles. The number of halogens is 1. The number of carbonyl (C=O) groups is 1. The fourth-order valence-corrected chi connectivity index (χ4v) is 1.02. The van der Waals surface area contributed by atoms with Crippen molar-refractivity contribution in [1.82, 2.24) is 10.6 Å². The van der Waals surface area contributed by atoms with E-state index in [2.05, 4.69) is 10.6 Å². The average molecular weight is 177 g/mol. The molecule has 1 amide bonds. The molecule has 0 bridgehead atoms. The van der Waals surface area contributed by atoms with Gasteiger partial charge in [0.25, 0.3) is 0 Å². The molecule has 0 unspecified atom stereocenters. The molecule has 0 atom stereocenters. The zero-order valence-corrected chi connectivity index (χ0v) is 7.12. The maximum Gasteiger partial charge on any atom is 0.225 e. The summed E-state index contributed by atoms with van der Waals surface area (Å²) in [5, 5.41) is 6.05. The second kappa shape index (κ2) is 3.41. The second-order valence-electron chi connectivity index (χ2n) is 3.14. The number of carbonyl (C=O) groups excluding carboxylic acids is 1. The fourth-order valence-electron chi connectivity index (χ4n) is 1.02. The van der Waals surface area contributed by atoms with Crippen molar-refractivity contribution in [1.29, 1.82) is 0 Å². The van der Waals surface area contributed by atoms with E-state index in [1.165, 1.54) is 12.8 Å². The van der Waals surface area contributed by atoms with Crippen molar-refractivity contribution in [3.63, 3.8) is 0 Å². The monoisotopic (exact) mass is 176 g/mol. The van der Waals surface area contributed by atoms with Crippen molar-refractivity contribution in [2.75, 3.05) is 13.1 Å². The Hall–Kier alpha value is -0.280. The first-order valence-electron chi connectivity index (χ1n) is 3.87. The Kier molecular flexibility index (Phi) is 2.73. The maximum atomic E-state index is 11.1. The van der Waals surface area contributed by atoms with E-state index in [-0.39, 0.29) is 24.2 Å². The summed E-state index contributed by atoms with van der Waals surface area (Å²) in [5.41, 5.74) is 0. The maximum absolute atomic E-state index is 11.1. The number of nitrogens with one attached hydrogen (secondary N) is 2. The number of rotatable bonds is 2. The van der Waals surface area contributed by atoms with Gasteiger partial charge in [-0.25, -0.2) is 0 Å². The third-order valence-electron chi connectivity index (χ3n) is 2.08. The molecule has 1 heterocycles. The summed E-state index contributed by atoms with van der Waals surface area (Å²) >= 11 is 0. The average Bonchev–Trinajstić information content (AvgIpc) is 2.43. The van der Waals surface area contributed by atoms with Gasteiger partial charge in [-0.1, -0.05) is 0 Å². The lowest BCUT2D eigenvalue weighted by atomic mass is 10.0. The molecular formula is C7H13ClN2O. The van der Waals surface area contributed by atoms with Crippen LogP contribution in [-0.4, -0.2) is 25.0 Å². The summed E-state index contributed by atoms with van der Waals surface area (Å²) in [6.45, 7) is 1.75. The van der Waals surface area contributed by atoms with Crippen molar-refractivity contribution >= 4 is 18.3 Å². The van der Waals surface area contributed by atoms with Crippen LogP contribution in [0.15, 0.2) is 0 Å². The summed E-state index contributed by atoms with van der Waals surface area (Å²) in [7, 11) is 0. The molecular weight excluding hydrogens is 164 g/mol. The van der Waals surface area contributed by atoms with E-state index in [0.717, 1.165) is 13.1 Å². The van der Waals surface area contributed by atoms with Crippen LogP contribution in [0.5, 0.6) is 0 Å². The standard InChI is InChI=1S/C7H12N2O.ClH/c10-7(5-3-8-4-5)9-6-1-2-6;/h5-6,8H,1-4H2,(H,9,10);1H. The SMILES string of the molecule is Cl.O=C(NC1CC1)C1CNC1. The van der Waals surface area contributed by atoms with E-state index in [4.69, 9.17) is 0 Å². The molecule has 2 aliphatic rings. The van der Waals surface area contributed by atoms with Crippen molar-refractivity contribution < 1.29 is 4.79 Å². The molecule has 11 heavy (non-hydrogen) atoms. The minimum atomic E-state index is 0. The van der Waals surface area contributed by atoms with Gasteiger partial charge in [-0.15, -0.1) is 12.4 Å². The van der Waals surface area contributed by atoms with Gasteiger partial charge in [0.1, 0.15) is 0 Å². The van der Waals surface area contributed by atoms with Gasteiger partial charge >= 0.3 is 0 Å². The van der Waals surface area contributed by atoms with E-state index in [9.17, 15) is 4.79 Å². The van der Waals surface area contributed by atoms with Gasteiger partial charge in [-0.2, -0.15) is 0 Å². The topological polar surface area (TPSA) is 41.1 Å². The predicted molar refractivity (Wildman–Crippen MR) is 44.8 cm³/mol. The Morgan fingerprint density at radius 1 is 1.36 bits per heavy atom. The molecule has 1 aliphatic heterocycles. The molecule has 0 aromatic heterocycles. The third kappa shape index (κ3) is 2.07. The molecule has 2 fully saturated rings. The highest BCUT2D eigenvalue weighted by molar-refractivity contribution is 5.85. The van der Waals surface area contributed by atoms with Crippen molar-refractivity contribution in [3.05, 3.63) is 0 Å². The van der Waals surface area contributed by atoms with Gasteiger partial charge in [-0.05, 0) is 12.8 Å². The van der Waals surface area contributed by atoms with Gasteiger partial charge in [0.05, 0.1) is 5.92 Å². The summed E-state index contributed by atoms with van der Waals surface area (Å²) in [4.78, 5) is 11.1. The lowest BCUT2D eigenvalue weighted by Gasteiger charge is -2.25. The Morgan fingerprint density at radius 3 is 2.36 bits per heavy atom. The molecule has 1 aliphatic carbocycles. The van der Waals surface area contributed by atoms with Crippen LogP contribution in [0.2, 0.25) is 0 Å². The quantitative estimate of drug-likeness (QED) is 0.618. The molecule has 2 rings (SSSR count).